The van der Waals surface area contributed by atoms with Crippen LogP contribution < -0.4 is 0 Å². The van der Waals surface area contributed by atoms with Crippen LogP contribution in [-0.4, -0.2) is 33.2 Å². The van der Waals surface area contributed by atoms with E-state index in [1.807, 2.05) is 0 Å². The van der Waals surface area contributed by atoms with Crippen molar-refractivity contribution in [3.8, 4) is 0 Å². The fourth-order valence-electron chi connectivity index (χ4n) is 0.275. The molecule has 0 rings (SSSR count). The summed E-state index contributed by atoms with van der Waals surface area (Å²) >= 11 is 0. The van der Waals surface area contributed by atoms with Gasteiger partial charge in [0.05, 0.1) is 6.42 Å². The zero-order valence-corrected chi connectivity index (χ0v) is 11.2. The van der Waals surface area contributed by atoms with Crippen molar-refractivity contribution in [3.05, 3.63) is 37.0 Å². The third kappa shape index (κ3) is 25.7. The van der Waals surface area contributed by atoms with E-state index in [2.05, 4.69) is 19.7 Å². The molecule has 0 heterocycles. The summed E-state index contributed by atoms with van der Waals surface area (Å²) in [7, 11) is 0. The summed E-state index contributed by atoms with van der Waals surface area (Å²) in [5, 5.41) is 23.8. The maximum atomic E-state index is 9.83. The minimum absolute atomic E-state index is 0.0556. The van der Waals surface area contributed by atoms with Gasteiger partial charge in [-0.25, -0.2) is 9.59 Å². The summed E-state index contributed by atoms with van der Waals surface area (Å²) in [4.78, 5) is 29.0. The van der Waals surface area contributed by atoms with Gasteiger partial charge in [0.1, 0.15) is 0 Å². The van der Waals surface area contributed by atoms with E-state index < -0.39 is 17.9 Å². The van der Waals surface area contributed by atoms with Crippen molar-refractivity contribution in [2.24, 2.45) is 0 Å². The van der Waals surface area contributed by atoms with Crippen LogP contribution >= 0.6 is 0 Å². The Morgan fingerprint density at radius 2 is 1.42 bits per heavy atom. The minimum Gasteiger partial charge on any atom is -0.481 e. The Bertz CT molecular complexity index is 342. The van der Waals surface area contributed by atoms with Gasteiger partial charge in [-0.3, -0.25) is 4.79 Å². The highest BCUT2D eigenvalue weighted by atomic mass is 16.4. The predicted octanol–water partition coefficient (Wildman–Crippen LogP) is 2.33. The fraction of sp³-hybridized carbons (Fsp3) is 0.308. The van der Waals surface area contributed by atoms with Gasteiger partial charge < -0.3 is 15.3 Å². The standard InChI is InChI=1S/C5H8O2.2C4H6O2/c1-3-4(2)5(6)7;1-3(2)4(5)6;1-2-3-4(5)6/h2-3H2,1H3,(H,6,7);1H2,2H3,(H,5,6);2H,1,3H2,(H,5,6). The lowest BCUT2D eigenvalue weighted by Gasteiger charge is -1.87. The first kappa shape index (κ1) is 21.9. The van der Waals surface area contributed by atoms with Gasteiger partial charge in [-0.2, -0.15) is 0 Å². The summed E-state index contributed by atoms with van der Waals surface area (Å²) in [6, 6.07) is 0. The molecule has 0 bridgehead atoms. The molecular formula is C13H20O6. The first-order valence-corrected chi connectivity index (χ1v) is 5.22. The zero-order chi connectivity index (χ0) is 16.0. The topological polar surface area (TPSA) is 112 Å². The van der Waals surface area contributed by atoms with E-state index in [1.165, 1.54) is 13.0 Å². The highest BCUT2D eigenvalue weighted by Crippen LogP contribution is 1.93. The van der Waals surface area contributed by atoms with Crippen LogP contribution in [0.1, 0.15) is 26.7 Å². The van der Waals surface area contributed by atoms with E-state index in [0.29, 0.717) is 6.42 Å². The lowest BCUT2D eigenvalue weighted by molar-refractivity contribution is -0.136. The summed E-state index contributed by atoms with van der Waals surface area (Å²) < 4.78 is 0. The second-order valence-electron chi connectivity index (χ2n) is 3.23. The number of rotatable bonds is 5. The van der Waals surface area contributed by atoms with Crippen LogP contribution in [0, 0.1) is 0 Å². The van der Waals surface area contributed by atoms with Crippen molar-refractivity contribution in [2.75, 3.05) is 0 Å². The summed E-state index contributed by atoms with van der Waals surface area (Å²) in [6.07, 6.45) is 1.93. The molecule has 19 heavy (non-hydrogen) atoms. The molecule has 6 heteroatoms. The molecule has 108 valence electrons. The summed E-state index contributed by atoms with van der Waals surface area (Å²) in [6.45, 7) is 12.9. The number of hydrogen-bond acceptors (Lipinski definition) is 3. The Hall–Kier alpha value is -2.37. The van der Waals surface area contributed by atoms with Crippen LogP contribution in [0.5, 0.6) is 0 Å². The molecule has 0 spiro atoms. The number of aliphatic carboxylic acids is 3. The molecule has 0 aromatic rings. The van der Waals surface area contributed by atoms with Gasteiger partial charge in [0, 0.05) is 11.1 Å². The lowest BCUT2D eigenvalue weighted by Crippen LogP contribution is -1.95. The maximum Gasteiger partial charge on any atom is 0.330 e. The van der Waals surface area contributed by atoms with Gasteiger partial charge in [-0.1, -0.05) is 26.2 Å². The molecule has 0 aromatic carbocycles. The lowest BCUT2D eigenvalue weighted by atomic mass is 10.2. The van der Waals surface area contributed by atoms with E-state index in [9.17, 15) is 14.4 Å². The highest BCUT2D eigenvalue weighted by molar-refractivity contribution is 5.85. The Balaban J connectivity index is -0.000000203. The van der Waals surface area contributed by atoms with Gasteiger partial charge >= 0.3 is 17.9 Å². The number of carboxylic acid groups (broad SMARTS) is 3. The third-order valence-electron chi connectivity index (χ3n) is 1.41. The summed E-state index contributed by atoms with van der Waals surface area (Å²) in [5.74, 6) is -2.66. The van der Waals surface area contributed by atoms with E-state index in [-0.39, 0.29) is 17.6 Å². The van der Waals surface area contributed by atoms with E-state index in [4.69, 9.17) is 15.3 Å². The maximum absolute atomic E-state index is 9.83. The first-order valence-electron chi connectivity index (χ1n) is 5.22. The van der Waals surface area contributed by atoms with Crippen molar-refractivity contribution in [1.82, 2.24) is 0 Å². The largest absolute Gasteiger partial charge is 0.481 e. The Kier molecular flexibility index (Phi) is 15.8. The highest BCUT2D eigenvalue weighted by Gasteiger charge is 1.96. The molecule has 0 aromatic heterocycles. The molecular weight excluding hydrogens is 252 g/mol. The quantitative estimate of drug-likeness (QED) is 0.523. The molecule has 0 saturated carbocycles. The van der Waals surface area contributed by atoms with Crippen molar-refractivity contribution in [2.45, 2.75) is 26.7 Å². The molecule has 6 nitrogen and oxygen atoms in total. The van der Waals surface area contributed by atoms with Crippen LogP contribution in [0.4, 0.5) is 0 Å². The monoisotopic (exact) mass is 272 g/mol. The summed E-state index contributed by atoms with van der Waals surface area (Å²) in [5.41, 5.74) is 0.440. The van der Waals surface area contributed by atoms with Gasteiger partial charge in [-0.15, -0.1) is 6.58 Å². The predicted molar refractivity (Wildman–Crippen MR) is 72.0 cm³/mol. The van der Waals surface area contributed by atoms with Crippen LogP contribution in [-0.2, 0) is 14.4 Å². The van der Waals surface area contributed by atoms with Crippen LogP contribution in [0.2, 0.25) is 0 Å². The SMILES string of the molecule is C=C(C)C(=O)O.C=C(CC)C(=O)O.C=CCC(=O)O. The average molecular weight is 272 g/mol. The second kappa shape index (κ2) is 13.7. The Labute approximate surface area is 112 Å². The van der Waals surface area contributed by atoms with Crippen molar-refractivity contribution in [3.63, 3.8) is 0 Å². The number of carboxylic acids is 3. The molecule has 3 N–H and O–H groups in total. The Morgan fingerprint density at radius 1 is 1.05 bits per heavy atom. The van der Waals surface area contributed by atoms with Crippen molar-refractivity contribution < 1.29 is 29.7 Å². The van der Waals surface area contributed by atoms with E-state index in [1.54, 1.807) is 6.92 Å². The van der Waals surface area contributed by atoms with Gasteiger partial charge in [-0.05, 0) is 13.3 Å². The molecule has 0 radical (unpaired) electrons. The fourth-order valence-corrected chi connectivity index (χ4v) is 0.275. The van der Waals surface area contributed by atoms with Gasteiger partial charge in [0.25, 0.3) is 0 Å². The normalized spacial score (nSPS) is 7.68. The molecule has 0 unspecified atom stereocenters. The average Bonchev–Trinajstić information content (AvgIpc) is 2.29. The smallest absolute Gasteiger partial charge is 0.330 e. The van der Waals surface area contributed by atoms with Crippen LogP contribution in [0.25, 0.3) is 0 Å². The van der Waals surface area contributed by atoms with Crippen LogP contribution in [0.15, 0.2) is 37.0 Å². The third-order valence-corrected chi connectivity index (χ3v) is 1.41. The van der Waals surface area contributed by atoms with Gasteiger partial charge in [0.15, 0.2) is 0 Å². The molecule has 0 fully saturated rings. The van der Waals surface area contributed by atoms with Crippen molar-refractivity contribution in [1.29, 1.82) is 0 Å². The molecule has 0 atom stereocenters. The molecule has 0 saturated heterocycles. The number of hydrogen-bond donors (Lipinski definition) is 3. The number of carbonyl (C=O) groups is 3. The van der Waals surface area contributed by atoms with Crippen LogP contribution in [0.3, 0.4) is 0 Å². The first-order chi connectivity index (χ1) is 8.59. The second-order valence-corrected chi connectivity index (χ2v) is 3.23. The van der Waals surface area contributed by atoms with Crippen molar-refractivity contribution >= 4 is 17.9 Å². The Morgan fingerprint density at radius 3 is 1.42 bits per heavy atom. The van der Waals surface area contributed by atoms with E-state index >= 15 is 0 Å². The molecule has 0 aliphatic carbocycles. The molecule has 0 aliphatic heterocycles. The zero-order valence-electron chi connectivity index (χ0n) is 11.2. The molecule has 0 amide bonds. The van der Waals surface area contributed by atoms with Gasteiger partial charge in [0.2, 0.25) is 0 Å². The van der Waals surface area contributed by atoms with E-state index in [0.717, 1.165) is 0 Å². The minimum atomic E-state index is -0.935. The molecule has 0 aliphatic rings.